The fourth-order valence-corrected chi connectivity index (χ4v) is 2.21. The molecule has 0 aliphatic carbocycles. The Hall–Kier alpha value is -2.01. The standard InChI is InChI=1S/C15H18N2O3/c1-11-8-13(20-17-11)10-16-9-12-4-2-5-14-15(12)19-7-3-6-18-14/h2,4-5,8,16H,3,6-7,9-10H2,1H3. The summed E-state index contributed by atoms with van der Waals surface area (Å²) in [6.45, 7) is 4.67. The molecule has 0 radical (unpaired) electrons. The van der Waals surface area contributed by atoms with Crippen LogP contribution in [-0.2, 0) is 13.1 Å². The van der Waals surface area contributed by atoms with Crippen molar-refractivity contribution in [3.05, 3.63) is 41.3 Å². The van der Waals surface area contributed by atoms with Crippen LogP contribution in [0.4, 0.5) is 0 Å². The van der Waals surface area contributed by atoms with Gasteiger partial charge in [0.25, 0.3) is 0 Å². The Bertz CT molecular complexity index is 580. The number of benzene rings is 1. The van der Waals surface area contributed by atoms with Crippen molar-refractivity contribution in [2.75, 3.05) is 13.2 Å². The van der Waals surface area contributed by atoms with Gasteiger partial charge in [-0.15, -0.1) is 0 Å². The van der Waals surface area contributed by atoms with Gasteiger partial charge in [-0.3, -0.25) is 0 Å². The van der Waals surface area contributed by atoms with E-state index in [1.54, 1.807) is 0 Å². The number of hydrogen-bond acceptors (Lipinski definition) is 5. The molecule has 5 heteroatoms. The first kappa shape index (κ1) is 13.0. The molecule has 0 amide bonds. The zero-order chi connectivity index (χ0) is 13.8. The van der Waals surface area contributed by atoms with E-state index in [0.717, 1.165) is 34.9 Å². The third-order valence-corrected chi connectivity index (χ3v) is 3.14. The lowest BCUT2D eigenvalue weighted by molar-refractivity contribution is 0.295. The van der Waals surface area contributed by atoms with Gasteiger partial charge in [0.2, 0.25) is 0 Å². The van der Waals surface area contributed by atoms with Crippen LogP contribution in [0.1, 0.15) is 23.4 Å². The van der Waals surface area contributed by atoms with E-state index in [2.05, 4.69) is 10.5 Å². The molecule has 0 saturated heterocycles. The molecule has 1 aliphatic rings. The molecule has 2 aromatic rings. The average molecular weight is 274 g/mol. The quantitative estimate of drug-likeness (QED) is 0.928. The van der Waals surface area contributed by atoms with E-state index >= 15 is 0 Å². The second-order valence-corrected chi connectivity index (χ2v) is 4.83. The van der Waals surface area contributed by atoms with Crippen LogP contribution in [0.2, 0.25) is 0 Å². The molecule has 0 atom stereocenters. The highest BCUT2D eigenvalue weighted by Gasteiger charge is 2.14. The van der Waals surface area contributed by atoms with Crippen LogP contribution < -0.4 is 14.8 Å². The van der Waals surface area contributed by atoms with E-state index < -0.39 is 0 Å². The smallest absolute Gasteiger partial charge is 0.165 e. The summed E-state index contributed by atoms with van der Waals surface area (Å²) in [7, 11) is 0. The lowest BCUT2D eigenvalue weighted by Crippen LogP contribution is -2.13. The number of ether oxygens (including phenoxy) is 2. The van der Waals surface area contributed by atoms with Crippen LogP contribution in [0, 0.1) is 6.92 Å². The summed E-state index contributed by atoms with van der Waals surface area (Å²) in [5.74, 6) is 2.52. The lowest BCUT2D eigenvalue weighted by atomic mass is 10.2. The predicted octanol–water partition coefficient (Wildman–Crippen LogP) is 2.43. The minimum atomic E-state index is 0.644. The number of hydrogen-bond donors (Lipinski definition) is 1. The van der Waals surface area contributed by atoms with Crippen LogP contribution in [-0.4, -0.2) is 18.4 Å². The fourth-order valence-electron chi connectivity index (χ4n) is 2.21. The minimum absolute atomic E-state index is 0.644. The van der Waals surface area contributed by atoms with Crippen molar-refractivity contribution in [1.82, 2.24) is 10.5 Å². The third kappa shape index (κ3) is 2.93. The summed E-state index contributed by atoms with van der Waals surface area (Å²) in [5.41, 5.74) is 1.99. The Morgan fingerprint density at radius 2 is 2.10 bits per heavy atom. The fraction of sp³-hybridized carbons (Fsp3) is 0.400. The molecule has 20 heavy (non-hydrogen) atoms. The van der Waals surface area contributed by atoms with Crippen molar-refractivity contribution in [1.29, 1.82) is 0 Å². The highest BCUT2D eigenvalue weighted by atomic mass is 16.5. The first-order chi connectivity index (χ1) is 9.83. The topological polar surface area (TPSA) is 56.5 Å². The number of nitrogens with zero attached hydrogens (tertiary/aromatic N) is 1. The van der Waals surface area contributed by atoms with Crippen LogP contribution >= 0.6 is 0 Å². The van der Waals surface area contributed by atoms with E-state index in [0.29, 0.717) is 26.3 Å². The molecule has 1 N–H and O–H groups in total. The molecular formula is C15H18N2O3. The molecule has 0 bridgehead atoms. The highest BCUT2D eigenvalue weighted by molar-refractivity contribution is 5.47. The Morgan fingerprint density at radius 1 is 1.20 bits per heavy atom. The summed E-state index contributed by atoms with van der Waals surface area (Å²) in [5, 5.41) is 7.20. The van der Waals surface area contributed by atoms with Crippen molar-refractivity contribution in [3.8, 4) is 11.5 Å². The molecule has 3 rings (SSSR count). The number of para-hydroxylation sites is 1. The van der Waals surface area contributed by atoms with Gasteiger partial charge in [0.05, 0.1) is 25.5 Å². The number of fused-ring (bicyclic) bond motifs is 1. The molecular weight excluding hydrogens is 256 g/mol. The van der Waals surface area contributed by atoms with Gasteiger partial charge in [0.15, 0.2) is 17.3 Å². The second-order valence-electron chi connectivity index (χ2n) is 4.83. The maximum Gasteiger partial charge on any atom is 0.165 e. The van der Waals surface area contributed by atoms with E-state index in [9.17, 15) is 0 Å². The first-order valence-electron chi connectivity index (χ1n) is 6.83. The molecule has 1 aromatic carbocycles. The summed E-state index contributed by atoms with van der Waals surface area (Å²) >= 11 is 0. The average Bonchev–Trinajstić information content (AvgIpc) is 2.73. The van der Waals surface area contributed by atoms with E-state index in [4.69, 9.17) is 14.0 Å². The lowest BCUT2D eigenvalue weighted by Gasteiger charge is -2.12. The Labute approximate surface area is 117 Å². The number of rotatable bonds is 4. The van der Waals surface area contributed by atoms with E-state index in [1.807, 2.05) is 31.2 Å². The first-order valence-corrected chi connectivity index (χ1v) is 6.83. The summed E-state index contributed by atoms with van der Waals surface area (Å²) in [4.78, 5) is 0. The number of nitrogens with one attached hydrogen (secondary N) is 1. The van der Waals surface area contributed by atoms with Gasteiger partial charge >= 0.3 is 0 Å². The maximum absolute atomic E-state index is 5.79. The highest BCUT2D eigenvalue weighted by Crippen LogP contribution is 2.33. The van der Waals surface area contributed by atoms with Crippen molar-refractivity contribution in [3.63, 3.8) is 0 Å². The molecule has 0 saturated carbocycles. The van der Waals surface area contributed by atoms with Gasteiger partial charge in [0, 0.05) is 24.6 Å². The van der Waals surface area contributed by atoms with Crippen molar-refractivity contribution < 1.29 is 14.0 Å². The maximum atomic E-state index is 5.79. The molecule has 5 nitrogen and oxygen atoms in total. The molecule has 1 aliphatic heterocycles. The molecule has 0 fully saturated rings. The van der Waals surface area contributed by atoms with Crippen molar-refractivity contribution in [2.24, 2.45) is 0 Å². The number of aromatic nitrogens is 1. The van der Waals surface area contributed by atoms with Gasteiger partial charge in [0.1, 0.15) is 0 Å². The second kappa shape index (κ2) is 5.96. The van der Waals surface area contributed by atoms with Crippen LogP contribution in [0.15, 0.2) is 28.8 Å². The Balaban J connectivity index is 1.65. The molecule has 0 spiro atoms. The molecule has 106 valence electrons. The number of aryl methyl sites for hydroxylation is 1. The van der Waals surface area contributed by atoms with E-state index in [-0.39, 0.29) is 0 Å². The predicted molar refractivity (Wildman–Crippen MR) is 73.8 cm³/mol. The van der Waals surface area contributed by atoms with Crippen LogP contribution in [0.5, 0.6) is 11.5 Å². The van der Waals surface area contributed by atoms with E-state index in [1.165, 1.54) is 0 Å². The molecule has 1 aromatic heterocycles. The normalized spacial score (nSPS) is 14.1. The summed E-state index contributed by atoms with van der Waals surface area (Å²) < 4.78 is 16.6. The van der Waals surface area contributed by atoms with Crippen LogP contribution in [0.3, 0.4) is 0 Å². The molecule has 2 heterocycles. The zero-order valence-electron chi connectivity index (χ0n) is 11.5. The summed E-state index contributed by atoms with van der Waals surface area (Å²) in [6.07, 6.45) is 0.916. The van der Waals surface area contributed by atoms with Crippen LogP contribution in [0.25, 0.3) is 0 Å². The summed E-state index contributed by atoms with van der Waals surface area (Å²) in [6, 6.07) is 7.91. The largest absolute Gasteiger partial charge is 0.490 e. The Kier molecular flexibility index (Phi) is 3.87. The van der Waals surface area contributed by atoms with Crippen molar-refractivity contribution in [2.45, 2.75) is 26.4 Å². The van der Waals surface area contributed by atoms with Gasteiger partial charge in [-0.25, -0.2) is 0 Å². The Morgan fingerprint density at radius 3 is 2.95 bits per heavy atom. The molecule has 0 unspecified atom stereocenters. The van der Waals surface area contributed by atoms with Gasteiger partial charge in [-0.2, -0.15) is 0 Å². The minimum Gasteiger partial charge on any atom is -0.490 e. The zero-order valence-corrected chi connectivity index (χ0v) is 11.5. The SMILES string of the molecule is Cc1cc(CNCc2cccc3c2OCCCO3)on1. The van der Waals surface area contributed by atoms with Crippen molar-refractivity contribution >= 4 is 0 Å². The van der Waals surface area contributed by atoms with Gasteiger partial charge in [-0.1, -0.05) is 17.3 Å². The van der Waals surface area contributed by atoms with Gasteiger partial charge in [-0.05, 0) is 13.0 Å². The monoisotopic (exact) mass is 274 g/mol. The third-order valence-electron chi connectivity index (χ3n) is 3.14. The van der Waals surface area contributed by atoms with Gasteiger partial charge < -0.3 is 19.3 Å².